The van der Waals surface area contributed by atoms with Crippen LogP contribution in [0.25, 0.3) is 0 Å². The highest BCUT2D eigenvalue weighted by atomic mass is 16.3. The molecule has 0 radical (unpaired) electrons. The molecule has 3 saturated carbocycles. The topological polar surface area (TPSA) is 90.5 Å². The lowest BCUT2D eigenvalue weighted by atomic mass is 9.52. The molecule has 0 spiro atoms. The molecular weight excluding hydrogens is 342 g/mol. The second kappa shape index (κ2) is 7.98. The van der Waals surface area contributed by atoms with Crippen LogP contribution in [0.1, 0.15) is 66.2 Å². The van der Waals surface area contributed by atoms with Crippen LogP contribution in [-0.2, 0) is 4.79 Å². The summed E-state index contributed by atoms with van der Waals surface area (Å²) < 4.78 is 0. The molecule has 0 aromatic rings. The van der Waals surface area contributed by atoms with Crippen LogP contribution in [0, 0.1) is 29.1 Å². The van der Waals surface area contributed by atoms with Crippen LogP contribution in [-0.4, -0.2) is 41.8 Å². The first-order valence-electron chi connectivity index (χ1n) is 10.8. The van der Waals surface area contributed by atoms with Gasteiger partial charge < -0.3 is 21.1 Å². The number of fused-ring (bicyclic) bond motifs is 1. The largest absolute Gasteiger partial charge is 0.392 e. The van der Waals surface area contributed by atoms with Gasteiger partial charge in [0.2, 0.25) is 5.91 Å². The Balaban J connectivity index is 1.70. The zero-order valence-corrected chi connectivity index (χ0v) is 17.3. The number of carbonyl (C=O) groups excluding carboxylic acids is 2. The Hall–Kier alpha value is -1.30. The normalized spacial score (nSPS) is 39.8. The lowest BCUT2D eigenvalue weighted by molar-refractivity contribution is -0.142. The second-order valence-electron chi connectivity index (χ2n) is 9.45. The Morgan fingerprint density at radius 2 is 1.81 bits per heavy atom. The third kappa shape index (κ3) is 4.25. The van der Waals surface area contributed by atoms with Crippen LogP contribution < -0.4 is 16.0 Å². The molecule has 3 fully saturated rings. The molecule has 3 amide bonds. The minimum Gasteiger partial charge on any atom is -0.392 e. The summed E-state index contributed by atoms with van der Waals surface area (Å²) in [4.78, 5) is 24.6. The highest BCUT2D eigenvalue weighted by Crippen LogP contribution is 2.55. The standard InChI is InChI=1S/C21H37N3O3/c1-5-22-20(27)24-16-9-11-21(4)10-8-15(18(25)17(21)13(16)3)12(2)19(26)23-14-6-7-14/h12-18,25H,5-11H2,1-4H3,(H,23,26)(H2,22,24,27)/t12-,13+,15+,16-,17+,18-,21-/m0/s1. The Kier molecular flexibility index (Phi) is 6.04. The van der Waals surface area contributed by atoms with Crippen molar-refractivity contribution >= 4 is 11.9 Å². The van der Waals surface area contributed by atoms with Crippen LogP contribution >= 0.6 is 0 Å². The molecule has 0 aromatic carbocycles. The van der Waals surface area contributed by atoms with Crippen molar-refractivity contribution in [1.29, 1.82) is 0 Å². The molecule has 154 valence electrons. The Bertz CT molecular complexity index is 565. The molecule has 4 N–H and O–H groups in total. The van der Waals surface area contributed by atoms with E-state index in [1.54, 1.807) is 0 Å². The van der Waals surface area contributed by atoms with Crippen LogP contribution in [0.4, 0.5) is 4.79 Å². The zero-order chi connectivity index (χ0) is 19.8. The molecule has 3 aliphatic carbocycles. The van der Waals surface area contributed by atoms with Crippen molar-refractivity contribution in [3.8, 4) is 0 Å². The molecule has 7 atom stereocenters. The summed E-state index contributed by atoms with van der Waals surface area (Å²) in [7, 11) is 0. The number of amides is 3. The first kappa shape index (κ1) is 20.4. The molecule has 0 heterocycles. The summed E-state index contributed by atoms with van der Waals surface area (Å²) in [6, 6.07) is 0.292. The van der Waals surface area contributed by atoms with Gasteiger partial charge in [-0.3, -0.25) is 4.79 Å². The minimum atomic E-state index is -0.502. The number of aliphatic hydroxyl groups excluding tert-OH is 1. The summed E-state index contributed by atoms with van der Waals surface area (Å²) in [5, 5.41) is 20.3. The van der Waals surface area contributed by atoms with Crippen molar-refractivity contribution in [2.24, 2.45) is 29.1 Å². The summed E-state index contributed by atoms with van der Waals surface area (Å²) in [6.07, 6.45) is 5.55. The van der Waals surface area contributed by atoms with E-state index in [0.29, 0.717) is 12.6 Å². The van der Waals surface area contributed by atoms with Crippen LogP contribution in [0.3, 0.4) is 0 Å². The number of hydrogen-bond acceptors (Lipinski definition) is 3. The monoisotopic (exact) mass is 379 g/mol. The molecule has 6 nitrogen and oxygen atoms in total. The number of carbonyl (C=O) groups is 2. The smallest absolute Gasteiger partial charge is 0.315 e. The molecule has 0 saturated heterocycles. The minimum absolute atomic E-state index is 0.00695. The molecule has 0 aliphatic heterocycles. The third-order valence-corrected chi connectivity index (χ3v) is 7.52. The molecule has 0 bridgehead atoms. The Morgan fingerprint density at radius 1 is 1.15 bits per heavy atom. The average Bonchev–Trinajstić information content (AvgIpc) is 3.41. The van der Waals surface area contributed by atoms with Gasteiger partial charge in [-0.15, -0.1) is 0 Å². The number of nitrogens with one attached hydrogen (secondary N) is 3. The highest BCUT2D eigenvalue weighted by molar-refractivity contribution is 5.79. The van der Waals surface area contributed by atoms with E-state index in [0.717, 1.165) is 38.5 Å². The first-order valence-corrected chi connectivity index (χ1v) is 10.8. The van der Waals surface area contributed by atoms with Gasteiger partial charge in [-0.2, -0.15) is 0 Å². The Morgan fingerprint density at radius 3 is 2.44 bits per heavy atom. The van der Waals surface area contributed by atoms with Crippen molar-refractivity contribution in [1.82, 2.24) is 16.0 Å². The third-order valence-electron chi connectivity index (χ3n) is 7.52. The van der Waals surface area contributed by atoms with E-state index in [9.17, 15) is 14.7 Å². The Labute approximate surface area is 163 Å². The lowest BCUT2D eigenvalue weighted by Gasteiger charge is -2.56. The van der Waals surface area contributed by atoms with E-state index in [4.69, 9.17) is 0 Å². The lowest BCUT2D eigenvalue weighted by Crippen LogP contribution is -2.59. The molecule has 6 heteroatoms. The van der Waals surface area contributed by atoms with E-state index < -0.39 is 6.10 Å². The molecule has 0 unspecified atom stereocenters. The maximum absolute atomic E-state index is 12.6. The van der Waals surface area contributed by atoms with E-state index in [-0.39, 0.29) is 47.1 Å². The highest BCUT2D eigenvalue weighted by Gasteiger charge is 2.54. The molecular formula is C21H37N3O3. The summed E-state index contributed by atoms with van der Waals surface area (Å²) in [5.41, 5.74) is 0.0848. The van der Waals surface area contributed by atoms with Gasteiger partial charge in [-0.1, -0.05) is 20.8 Å². The maximum atomic E-state index is 12.6. The second-order valence-corrected chi connectivity index (χ2v) is 9.45. The van der Waals surface area contributed by atoms with Gasteiger partial charge in [0.25, 0.3) is 0 Å². The van der Waals surface area contributed by atoms with Gasteiger partial charge in [0.15, 0.2) is 0 Å². The van der Waals surface area contributed by atoms with Crippen LogP contribution in [0.5, 0.6) is 0 Å². The maximum Gasteiger partial charge on any atom is 0.315 e. The van der Waals surface area contributed by atoms with Crippen molar-refractivity contribution in [3.63, 3.8) is 0 Å². The van der Waals surface area contributed by atoms with Crippen LogP contribution in [0.2, 0.25) is 0 Å². The number of aliphatic hydroxyl groups is 1. The average molecular weight is 380 g/mol. The van der Waals surface area contributed by atoms with E-state index >= 15 is 0 Å². The fourth-order valence-electron chi connectivity index (χ4n) is 5.63. The number of urea groups is 1. The van der Waals surface area contributed by atoms with Gasteiger partial charge in [-0.05, 0) is 68.6 Å². The molecule has 0 aromatic heterocycles. The quantitative estimate of drug-likeness (QED) is 0.591. The van der Waals surface area contributed by atoms with Gasteiger partial charge >= 0.3 is 6.03 Å². The van der Waals surface area contributed by atoms with Gasteiger partial charge in [0.1, 0.15) is 0 Å². The van der Waals surface area contributed by atoms with Gasteiger partial charge in [-0.25, -0.2) is 4.79 Å². The molecule has 3 aliphatic rings. The summed E-state index contributed by atoms with van der Waals surface area (Å²) >= 11 is 0. The molecule has 27 heavy (non-hydrogen) atoms. The van der Waals surface area contributed by atoms with Crippen molar-refractivity contribution in [2.45, 2.75) is 84.4 Å². The van der Waals surface area contributed by atoms with Crippen molar-refractivity contribution in [2.75, 3.05) is 6.54 Å². The fourth-order valence-corrected chi connectivity index (χ4v) is 5.63. The van der Waals surface area contributed by atoms with Crippen LogP contribution in [0.15, 0.2) is 0 Å². The zero-order valence-electron chi connectivity index (χ0n) is 17.3. The molecule has 3 rings (SSSR count). The predicted molar refractivity (Wildman–Crippen MR) is 105 cm³/mol. The van der Waals surface area contributed by atoms with E-state index in [1.165, 1.54) is 0 Å². The number of rotatable bonds is 5. The summed E-state index contributed by atoms with van der Waals surface area (Å²) in [5.74, 6) is 0.197. The van der Waals surface area contributed by atoms with Gasteiger partial charge in [0.05, 0.1) is 6.10 Å². The van der Waals surface area contributed by atoms with Gasteiger partial charge in [0, 0.05) is 24.5 Å². The van der Waals surface area contributed by atoms with E-state index in [2.05, 4.69) is 29.8 Å². The first-order chi connectivity index (χ1) is 12.8. The van der Waals surface area contributed by atoms with Crippen molar-refractivity contribution < 1.29 is 14.7 Å². The SMILES string of the molecule is CCNC(=O)N[C@H]1CC[C@]2(C)CC[C@H]([C@H](C)C(=O)NC3CC3)[C@H](O)[C@H]2[C@@H]1C. The fraction of sp³-hybridized carbons (Fsp3) is 0.905. The van der Waals surface area contributed by atoms with Crippen molar-refractivity contribution in [3.05, 3.63) is 0 Å². The summed E-state index contributed by atoms with van der Waals surface area (Å²) in [6.45, 7) is 8.91. The predicted octanol–water partition coefficient (Wildman–Crippen LogP) is 2.41. The number of hydrogen-bond donors (Lipinski definition) is 4. The van der Waals surface area contributed by atoms with E-state index in [1.807, 2.05) is 13.8 Å².